The van der Waals surface area contributed by atoms with Gasteiger partial charge in [-0.3, -0.25) is 4.79 Å². The van der Waals surface area contributed by atoms with Crippen molar-refractivity contribution in [2.75, 3.05) is 11.9 Å². The Hall–Kier alpha value is -2.32. The van der Waals surface area contributed by atoms with E-state index >= 15 is 0 Å². The Morgan fingerprint density at radius 3 is 3.14 bits per heavy atom. The number of rotatable bonds is 4. The molecule has 1 aliphatic rings. The summed E-state index contributed by atoms with van der Waals surface area (Å²) in [7, 11) is 0. The van der Waals surface area contributed by atoms with E-state index in [1.165, 1.54) is 17.3 Å². The maximum absolute atomic E-state index is 12.2. The maximum atomic E-state index is 12.2. The third-order valence-corrected chi connectivity index (χ3v) is 3.34. The van der Waals surface area contributed by atoms with Crippen LogP contribution in [0.2, 0.25) is 0 Å². The molecule has 1 aliphatic heterocycles. The predicted octanol–water partition coefficient (Wildman–Crippen LogP) is 0.107. The Labute approximate surface area is 121 Å². The molecule has 8 heteroatoms. The largest absolute Gasteiger partial charge is 0.364 e. The average Bonchev–Trinajstić information content (AvgIpc) is 3.19. The van der Waals surface area contributed by atoms with Gasteiger partial charge in [0.2, 0.25) is 0 Å². The highest BCUT2D eigenvalue weighted by molar-refractivity contribution is 5.95. The molecule has 110 valence electrons. The molecule has 0 spiro atoms. The van der Waals surface area contributed by atoms with E-state index in [4.69, 9.17) is 10.5 Å². The molecule has 2 atom stereocenters. The molecular weight excluding hydrogens is 272 g/mol. The van der Waals surface area contributed by atoms with Crippen LogP contribution in [-0.4, -0.2) is 44.4 Å². The van der Waals surface area contributed by atoms with Crippen LogP contribution in [0.5, 0.6) is 0 Å². The van der Waals surface area contributed by atoms with Crippen LogP contribution in [0.4, 0.5) is 5.69 Å². The number of amides is 1. The molecule has 21 heavy (non-hydrogen) atoms. The van der Waals surface area contributed by atoms with Gasteiger partial charge in [-0.1, -0.05) is 0 Å². The van der Waals surface area contributed by atoms with Crippen molar-refractivity contribution in [2.24, 2.45) is 5.73 Å². The highest BCUT2D eigenvalue weighted by Gasteiger charge is 2.30. The number of nitrogens with one attached hydrogen (secondary N) is 1. The minimum absolute atomic E-state index is 0.0376. The van der Waals surface area contributed by atoms with Crippen LogP contribution in [-0.2, 0) is 9.53 Å². The van der Waals surface area contributed by atoms with Crippen molar-refractivity contribution in [3.8, 4) is 5.82 Å². The fourth-order valence-electron chi connectivity index (χ4n) is 2.28. The number of ether oxygens (including phenoxy) is 1. The lowest BCUT2D eigenvalue weighted by Crippen LogP contribution is -2.30. The van der Waals surface area contributed by atoms with E-state index in [2.05, 4.69) is 20.4 Å². The molecule has 3 heterocycles. The van der Waals surface area contributed by atoms with Gasteiger partial charge in [0.1, 0.15) is 18.8 Å². The van der Waals surface area contributed by atoms with Gasteiger partial charge < -0.3 is 15.8 Å². The number of carbonyl (C=O) groups excluding carboxylic acids is 1. The number of pyridine rings is 1. The van der Waals surface area contributed by atoms with Crippen LogP contribution in [0.1, 0.15) is 12.8 Å². The van der Waals surface area contributed by atoms with Crippen LogP contribution in [0.25, 0.3) is 5.82 Å². The first kappa shape index (κ1) is 13.7. The summed E-state index contributed by atoms with van der Waals surface area (Å²) < 4.78 is 7.08. The molecule has 3 rings (SSSR count). The number of nitrogens with zero attached hydrogens (tertiary/aromatic N) is 4. The minimum Gasteiger partial charge on any atom is -0.364 e. The summed E-state index contributed by atoms with van der Waals surface area (Å²) in [6.07, 6.45) is 5.53. The molecule has 0 aliphatic carbocycles. The van der Waals surface area contributed by atoms with E-state index in [1.54, 1.807) is 18.3 Å². The van der Waals surface area contributed by atoms with Crippen molar-refractivity contribution >= 4 is 11.6 Å². The summed E-state index contributed by atoms with van der Waals surface area (Å²) in [6.45, 7) is 0.431. The molecule has 0 aromatic carbocycles. The van der Waals surface area contributed by atoms with Crippen LogP contribution >= 0.6 is 0 Å². The second-order valence-corrected chi connectivity index (χ2v) is 4.76. The molecule has 0 unspecified atom stereocenters. The van der Waals surface area contributed by atoms with Gasteiger partial charge in [-0.15, -0.1) is 0 Å². The molecule has 3 N–H and O–H groups in total. The summed E-state index contributed by atoms with van der Waals surface area (Å²) >= 11 is 0. The fourth-order valence-corrected chi connectivity index (χ4v) is 2.28. The lowest BCUT2D eigenvalue weighted by Gasteiger charge is -2.14. The smallest absolute Gasteiger partial charge is 0.253 e. The highest BCUT2D eigenvalue weighted by Crippen LogP contribution is 2.22. The van der Waals surface area contributed by atoms with E-state index in [1.807, 2.05) is 0 Å². The fraction of sp³-hybridized carbons (Fsp3) is 0.385. The van der Waals surface area contributed by atoms with E-state index in [0.29, 0.717) is 24.5 Å². The zero-order valence-corrected chi connectivity index (χ0v) is 11.3. The van der Waals surface area contributed by atoms with Gasteiger partial charge in [0, 0.05) is 12.7 Å². The molecule has 1 fully saturated rings. The zero-order chi connectivity index (χ0) is 14.7. The summed E-state index contributed by atoms with van der Waals surface area (Å²) in [5, 5.41) is 6.85. The molecule has 0 radical (unpaired) electrons. The topological polar surface area (TPSA) is 108 Å². The van der Waals surface area contributed by atoms with Crippen LogP contribution < -0.4 is 11.1 Å². The van der Waals surface area contributed by atoms with Gasteiger partial charge in [-0.25, -0.2) is 14.6 Å². The van der Waals surface area contributed by atoms with Gasteiger partial charge >= 0.3 is 0 Å². The Bertz CT molecular complexity index is 615. The van der Waals surface area contributed by atoms with Crippen LogP contribution in [0.15, 0.2) is 31.0 Å². The lowest BCUT2D eigenvalue weighted by molar-refractivity contribution is -0.126. The number of nitrogens with two attached hydrogens (primary N) is 1. The third-order valence-electron chi connectivity index (χ3n) is 3.34. The van der Waals surface area contributed by atoms with Crippen LogP contribution in [0, 0.1) is 0 Å². The minimum atomic E-state index is -0.470. The Morgan fingerprint density at radius 1 is 1.52 bits per heavy atom. The average molecular weight is 288 g/mol. The Kier molecular flexibility index (Phi) is 3.89. The third kappa shape index (κ3) is 2.91. The van der Waals surface area contributed by atoms with Crippen molar-refractivity contribution in [1.82, 2.24) is 19.7 Å². The van der Waals surface area contributed by atoms with E-state index in [-0.39, 0.29) is 12.0 Å². The number of anilines is 1. The number of aromatic nitrogens is 4. The standard InChI is InChI=1S/C13H16N6O2/c14-6-9-3-4-11(21-9)13(20)18-10-2-1-5-16-12(10)19-8-15-7-17-19/h1-2,5,7-9,11H,3-4,6,14H2,(H,18,20)/t9-,11+/m1/s1. The summed E-state index contributed by atoms with van der Waals surface area (Å²) in [6, 6.07) is 3.51. The maximum Gasteiger partial charge on any atom is 0.253 e. The first-order valence-corrected chi connectivity index (χ1v) is 6.74. The number of carbonyl (C=O) groups is 1. The second kappa shape index (κ2) is 5.98. The van der Waals surface area contributed by atoms with Crippen LogP contribution in [0.3, 0.4) is 0 Å². The predicted molar refractivity (Wildman–Crippen MR) is 74.7 cm³/mol. The van der Waals surface area contributed by atoms with E-state index in [9.17, 15) is 4.79 Å². The Balaban J connectivity index is 1.75. The molecule has 1 amide bonds. The molecule has 8 nitrogen and oxygen atoms in total. The first-order chi connectivity index (χ1) is 10.3. The van der Waals surface area contributed by atoms with Gasteiger partial charge in [0.05, 0.1) is 11.8 Å². The zero-order valence-electron chi connectivity index (χ0n) is 11.3. The second-order valence-electron chi connectivity index (χ2n) is 4.76. The first-order valence-electron chi connectivity index (χ1n) is 6.74. The SMILES string of the molecule is NC[C@H]1CC[C@@H](C(=O)Nc2cccnc2-n2cncn2)O1. The van der Waals surface area contributed by atoms with Crippen molar-refractivity contribution in [3.63, 3.8) is 0 Å². The highest BCUT2D eigenvalue weighted by atomic mass is 16.5. The van der Waals surface area contributed by atoms with Gasteiger partial charge in [-0.2, -0.15) is 5.10 Å². The quantitative estimate of drug-likeness (QED) is 0.826. The summed E-state index contributed by atoms with van der Waals surface area (Å²) in [4.78, 5) is 20.3. The summed E-state index contributed by atoms with van der Waals surface area (Å²) in [5.41, 5.74) is 6.11. The molecular formula is C13H16N6O2. The van der Waals surface area contributed by atoms with E-state index < -0.39 is 6.10 Å². The monoisotopic (exact) mass is 288 g/mol. The molecule has 1 saturated heterocycles. The normalized spacial score (nSPS) is 21.4. The number of hydrogen-bond acceptors (Lipinski definition) is 6. The van der Waals surface area contributed by atoms with Crippen molar-refractivity contribution in [3.05, 3.63) is 31.0 Å². The number of hydrogen-bond donors (Lipinski definition) is 2. The van der Waals surface area contributed by atoms with Gasteiger partial charge in [-0.05, 0) is 25.0 Å². The molecule has 2 aromatic heterocycles. The van der Waals surface area contributed by atoms with Gasteiger partial charge in [0.25, 0.3) is 5.91 Å². The molecule has 0 saturated carbocycles. The van der Waals surface area contributed by atoms with Crippen molar-refractivity contribution in [1.29, 1.82) is 0 Å². The summed E-state index contributed by atoms with van der Waals surface area (Å²) in [5.74, 6) is 0.317. The molecule has 2 aromatic rings. The lowest BCUT2D eigenvalue weighted by atomic mass is 10.2. The Morgan fingerprint density at radius 2 is 2.43 bits per heavy atom. The van der Waals surface area contributed by atoms with Crippen molar-refractivity contribution < 1.29 is 9.53 Å². The van der Waals surface area contributed by atoms with E-state index in [0.717, 1.165) is 6.42 Å². The van der Waals surface area contributed by atoms with Crippen molar-refractivity contribution in [2.45, 2.75) is 25.0 Å². The van der Waals surface area contributed by atoms with Gasteiger partial charge in [0.15, 0.2) is 5.82 Å². The molecule has 0 bridgehead atoms.